The van der Waals surface area contributed by atoms with E-state index in [4.69, 9.17) is 4.74 Å². The van der Waals surface area contributed by atoms with Gasteiger partial charge in [-0.1, -0.05) is 32.3 Å². The average molecular weight is 459 g/mol. The first-order valence-corrected chi connectivity index (χ1v) is 11.0. The maximum Gasteiger partial charge on any atom is 0.255 e. The van der Waals surface area contributed by atoms with Crippen LogP contribution in [0.4, 0.5) is 5.69 Å². The maximum atomic E-state index is 12.6. The molecule has 0 bridgehead atoms. The minimum Gasteiger partial charge on any atom is -0.492 e. The highest BCUT2D eigenvalue weighted by molar-refractivity contribution is 9.10. The number of amides is 2. The summed E-state index contributed by atoms with van der Waals surface area (Å²) >= 11 is 3.45. The van der Waals surface area contributed by atoms with E-state index in [1.807, 2.05) is 6.92 Å². The standard InChI is InChI=1S/C23H27BrN2O3/c1-2-13-29-21-12-11-17(15-20(21)24)23(28)26-19-10-6-7-16(14-19)22(27)25-18-8-4-3-5-9-18/h6-7,10-12,14-15,18H,2-5,8-9,13H2,1H3,(H,25,27)(H,26,28). The molecule has 1 aliphatic carbocycles. The first-order valence-electron chi connectivity index (χ1n) is 10.2. The normalized spacial score (nSPS) is 14.3. The highest BCUT2D eigenvalue weighted by Crippen LogP contribution is 2.26. The van der Waals surface area contributed by atoms with E-state index in [2.05, 4.69) is 26.6 Å². The molecule has 0 heterocycles. The second-order valence-corrected chi connectivity index (χ2v) is 8.19. The van der Waals surface area contributed by atoms with Crippen LogP contribution in [0.2, 0.25) is 0 Å². The number of nitrogens with one attached hydrogen (secondary N) is 2. The lowest BCUT2D eigenvalue weighted by Gasteiger charge is -2.22. The van der Waals surface area contributed by atoms with Gasteiger partial charge in [-0.2, -0.15) is 0 Å². The average Bonchev–Trinajstić information content (AvgIpc) is 2.73. The lowest BCUT2D eigenvalue weighted by Crippen LogP contribution is -2.36. The Labute approximate surface area is 180 Å². The van der Waals surface area contributed by atoms with Crippen molar-refractivity contribution in [3.05, 3.63) is 58.1 Å². The SMILES string of the molecule is CCCOc1ccc(C(=O)Nc2cccc(C(=O)NC3CCCCC3)c2)cc1Br. The molecule has 154 valence electrons. The molecule has 2 aromatic carbocycles. The van der Waals surface area contributed by atoms with Crippen LogP contribution in [0, 0.1) is 0 Å². The smallest absolute Gasteiger partial charge is 0.255 e. The van der Waals surface area contributed by atoms with Gasteiger partial charge in [0.25, 0.3) is 11.8 Å². The molecule has 0 aliphatic heterocycles. The predicted molar refractivity (Wildman–Crippen MR) is 119 cm³/mol. The number of ether oxygens (including phenoxy) is 1. The summed E-state index contributed by atoms with van der Waals surface area (Å²) in [7, 11) is 0. The molecule has 6 heteroatoms. The third-order valence-electron chi connectivity index (χ3n) is 4.98. The third kappa shape index (κ3) is 6.07. The van der Waals surface area contributed by atoms with E-state index in [0.29, 0.717) is 29.2 Å². The van der Waals surface area contributed by atoms with Crippen LogP contribution >= 0.6 is 15.9 Å². The van der Waals surface area contributed by atoms with Gasteiger partial charge in [-0.3, -0.25) is 9.59 Å². The Morgan fingerprint density at radius 2 is 1.79 bits per heavy atom. The van der Waals surface area contributed by atoms with E-state index in [0.717, 1.165) is 23.7 Å². The summed E-state index contributed by atoms with van der Waals surface area (Å²) in [5, 5.41) is 5.97. The van der Waals surface area contributed by atoms with Gasteiger partial charge in [-0.05, 0) is 71.6 Å². The predicted octanol–water partition coefficient (Wildman–Crippen LogP) is 5.55. The van der Waals surface area contributed by atoms with Crippen LogP contribution in [0.1, 0.15) is 66.2 Å². The van der Waals surface area contributed by atoms with Crippen molar-refractivity contribution in [2.45, 2.75) is 51.5 Å². The van der Waals surface area contributed by atoms with Gasteiger partial charge in [-0.15, -0.1) is 0 Å². The summed E-state index contributed by atoms with van der Waals surface area (Å²) in [6.45, 7) is 2.67. The van der Waals surface area contributed by atoms with Crippen molar-refractivity contribution in [1.29, 1.82) is 0 Å². The molecule has 29 heavy (non-hydrogen) atoms. The molecule has 1 aliphatic rings. The Kier molecular flexibility index (Phi) is 7.69. The van der Waals surface area contributed by atoms with Crippen LogP contribution in [0.3, 0.4) is 0 Å². The molecule has 0 saturated heterocycles. The van der Waals surface area contributed by atoms with Crippen molar-refractivity contribution < 1.29 is 14.3 Å². The van der Waals surface area contributed by atoms with Crippen molar-refractivity contribution >= 4 is 33.4 Å². The quantitative estimate of drug-likeness (QED) is 0.570. The van der Waals surface area contributed by atoms with Crippen molar-refractivity contribution in [1.82, 2.24) is 5.32 Å². The minimum atomic E-state index is -0.238. The Balaban J connectivity index is 1.64. The maximum absolute atomic E-state index is 12.6. The zero-order valence-electron chi connectivity index (χ0n) is 16.7. The largest absolute Gasteiger partial charge is 0.492 e. The molecule has 5 nitrogen and oxygen atoms in total. The van der Waals surface area contributed by atoms with Crippen LogP contribution in [0.15, 0.2) is 46.9 Å². The van der Waals surface area contributed by atoms with Gasteiger partial charge in [0.1, 0.15) is 5.75 Å². The highest BCUT2D eigenvalue weighted by Gasteiger charge is 2.17. The summed E-state index contributed by atoms with van der Waals surface area (Å²) in [6, 6.07) is 12.5. The van der Waals surface area contributed by atoms with Crippen LogP contribution in [-0.2, 0) is 0 Å². The van der Waals surface area contributed by atoms with Crippen LogP contribution in [0.5, 0.6) is 5.75 Å². The second kappa shape index (κ2) is 10.4. The van der Waals surface area contributed by atoms with E-state index in [1.165, 1.54) is 19.3 Å². The third-order valence-corrected chi connectivity index (χ3v) is 5.60. The number of carbonyl (C=O) groups is 2. The van der Waals surface area contributed by atoms with Gasteiger partial charge >= 0.3 is 0 Å². The Hall–Kier alpha value is -2.34. The Bertz CT molecular complexity index is 863. The van der Waals surface area contributed by atoms with Gasteiger partial charge in [-0.25, -0.2) is 0 Å². The first kappa shape index (κ1) is 21.4. The second-order valence-electron chi connectivity index (χ2n) is 7.34. The van der Waals surface area contributed by atoms with Crippen LogP contribution in [-0.4, -0.2) is 24.5 Å². The zero-order chi connectivity index (χ0) is 20.6. The molecule has 2 amide bonds. The van der Waals surface area contributed by atoms with E-state index in [1.54, 1.807) is 42.5 Å². The lowest BCUT2D eigenvalue weighted by atomic mass is 9.95. The molecular weight excluding hydrogens is 432 g/mol. The molecule has 3 rings (SSSR count). The van der Waals surface area contributed by atoms with Crippen molar-refractivity contribution in [2.24, 2.45) is 0 Å². The fraction of sp³-hybridized carbons (Fsp3) is 0.391. The van der Waals surface area contributed by atoms with Crippen LogP contribution < -0.4 is 15.4 Å². The number of benzene rings is 2. The van der Waals surface area contributed by atoms with Gasteiger partial charge in [0.05, 0.1) is 11.1 Å². The van der Waals surface area contributed by atoms with E-state index in [-0.39, 0.29) is 17.9 Å². The first-order chi connectivity index (χ1) is 14.1. The summed E-state index contributed by atoms with van der Waals surface area (Å²) < 4.78 is 6.36. The lowest BCUT2D eigenvalue weighted by molar-refractivity contribution is 0.0926. The van der Waals surface area contributed by atoms with Gasteiger partial charge in [0.2, 0.25) is 0 Å². The molecule has 2 N–H and O–H groups in total. The molecule has 1 fully saturated rings. The van der Waals surface area contributed by atoms with Crippen molar-refractivity contribution in [3.63, 3.8) is 0 Å². The number of halogens is 1. The summed E-state index contributed by atoms with van der Waals surface area (Å²) in [5.41, 5.74) is 1.66. The topological polar surface area (TPSA) is 67.4 Å². The Morgan fingerprint density at radius 3 is 2.52 bits per heavy atom. The number of carbonyl (C=O) groups excluding carboxylic acids is 2. The van der Waals surface area contributed by atoms with E-state index in [9.17, 15) is 9.59 Å². The van der Waals surface area contributed by atoms with Gasteiger partial charge < -0.3 is 15.4 Å². The van der Waals surface area contributed by atoms with E-state index < -0.39 is 0 Å². The van der Waals surface area contributed by atoms with Crippen molar-refractivity contribution in [3.8, 4) is 5.75 Å². The minimum absolute atomic E-state index is 0.0897. The zero-order valence-corrected chi connectivity index (χ0v) is 18.3. The fourth-order valence-electron chi connectivity index (χ4n) is 3.43. The molecule has 0 aromatic heterocycles. The van der Waals surface area contributed by atoms with Gasteiger partial charge in [0.15, 0.2) is 0 Å². The molecule has 2 aromatic rings. The molecule has 1 saturated carbocycles. The molecular formula is C23H27BrN2O3. The summed E-state index contributed by atoms with van der Waals surface area (Å²) in [5.74, 6) is 0.385. The van der Waals surface area contributed by atoms with Crippen molar-refractivity contribution in [2.75, 3.05) is 11.9 Å². The number of hydrogen-bond donors (Lipinski definition) is 2. The summed E-state index contributed by atoms with van der Waals surface area (Å²) in [4.78, 5) is 25.2. The molecule has 0 unspecified atom stereocenters. The number of rotatable bonds is 7. The fourth-order valence-corrected chi connectivity index (χ4v) is 3.92. The monoisotopic (exact) mass is 458 g/mol. The number of hydrogen-bond acceptors (Lipinski definition) is 3. The highest BCUT2D eigenvalue weighted by atomic mass is 79.9. The molecule has 0 radical (unpaired) electrons. The molecule has 0 atom stereocenters. The van der Waals surface area contributed by atoms with Crippen LogP contribution in [0.25, 0.3) is 0 Å². The summed E-state index contributed by atoms with van der Waals surface area (Å²) in [6.07, 6.45) is 6.57. The number of anilines is 1. The Morgan fingerprint density at radius 1 is 1.03 bits per heavy atom. The molecule has 0 spiro atoms. The van der Waals surface area contributed by atoms with Gasteiger partial charge in [0, 0.05) is 22.9 Å². The van der Waals surface area contributed by atoms with E-state index >= 15 is 0 Å².